The summed E-state index contributed by atoms with van der Waals surface area (Å²) in [4.78, 5) is 11.7. The molecule has 0 aromatic carbocycles. The number of carbonyl (C=O) groups excluding carboxylic acids is 1. The van der Waals surface area contributed by atoms with Crippen molar-refractivity contribution in [1.29, 1.82) is 5.26 Å². The Hall–Kier alpha value is -0.600. The van der Waals surface area contributed by atoms with Gasteiger partial charge in [-0.05, 0) is 19.1 Å². The van der Waals surface area contributed by atoms with Crippen LogP contribution in [-0.2, 0) is 4.79 Å². The molecule has 0 aromatic rings. The monoisotopic (exact) mass is 254 g/mol. The molecule has 1 heterocycles. The summed E-state index contributed by atoms with van der Waals surface area (Å²) in [5.74, 6) is -0.188. The summed E-state index contributed by atoms with van der Waals surface area (Å²) in [6.07, 6.45) is 7.54. The molecule has 1 saturated carbocycles. The fourth-order valence-electron chi connectivity index (χ4n) is 2.21. The molecule has 2 aliphatic rings. The molecule has 0 radical (unpaired) electrons. The van der Waals surface area contributed by atoms with Crippen LogP contribution in [0.2, 0.25) is 0 Å². The molecule has 1 aliphatic heterocycles. The molecule has 0 saturated heterocycles. The van der Waals surface area contributed by atoms with Crippen molar-refractivity contribution in [3.05, 3.63) is 9.81 Å². The largest absolute Gasteiger partial charge is 0.337 e. The van der Waals surface area contributed by atoms with Crippen molar-refractivity contribution in [2.45, 2.75) is 37.0 Å². The van der Waals surface area contributed by atoms with E-state index in [1.165, 1.54) is 18.2 Å². The Morgan fingerprint density at radius 1 is 1.44 bits per heavy atom. The number of nitrogens with one attached hydrogen (secondary N) is 1. The molecule has 1 aliphatic carbocycles. The summed E-state index contributed by atoms with van der Waals surface area (Å²) in [6.45, 7) is 0. The normalized spacial score (nSPS) is 24.1. The van der Waals surface area contributed by atoms with E-state index in [1.807, 2.05) is 12.3 Å². The first-order chi connectivity index (χ1) is 7.71. The van der Waals surface area contributed by atoms with Crippen LogP contribution in [-0.4, -0.2) is 17.0 Å². The molecule has 1 spiro atoms. The van der Waals surface area contributed by atoms with E-state index in [9.17, 15) is 4.79 Å². The summed E-state index contributed by atoms with van der Waals surface area (Å²) in [5.41, 5.74) is 0.286. The van der Waals surface area contributed by atoms with Gasteiger partial charge in [0.05, 0.1) is 9.11 Å². The first-order valence-corrected chi connectivity index (χ1v) is 7.45. The smallest absolute Gasteiger partial charge is 0.264 e. The number of nitriles is 1. The summed E-state index contributed by atoms with van der Waals surface area (Å²) < 4.78 is 0.883. The highest BCUT2D eigenvalue weighted by molar-refractivity contribution is 8.22. The molecular weight excluding hydrogens is 240 g/mol. The Morgan fingerprint density at radius 2 is 2.12 bits per heavy atom. The number of hydrogen-bond acceptors (Lipinski definition) is 4. The van der Waals surface area contributed by atoms with E-state index in [1.54, 1.807) is 11.8 Å². The van der Waals surface area contributed by atoms with E-state index in [0.717, 1.165) is 29.9 Å². The molecule has 1 amide bonds. The van der Waals surface area contributed by atoms with Crippen LogP contribution in [0, 0.1) is 11.3 Å². The maximum Gasteiger partial charge on any atom is 0.264 e. The molecule has 1 N–H and O–H groups in total. The molecule has 1 fully saturated rings. The van der Waals surface area contributed by atoms with Gasteiger partial charge < -0.3 is 5.32 Å². The Kier molecular flexibility index (Phi) is 3.50. The van der Waals surface area contributed by atoms with Gasteiger partial charge in [-0.2, -0.15) is 5.26 Å². The van der Waals surface area contributed by atoms with Crippen LogP contribution in [0.15, 0.2) is 9.81 Å². The van der Waals surface area contributed by atoms with Crippen LogP contribution in [0.5, 0.6) is 0 Å². The van der Waals surface area contributed by atoms with E-state index in [-0.39, 0.29) is 16.4 Å². The van der Waals surface area contributed by atoms with Gasteiger partial charge in [0.2, 0.25) is 0 Å². The molecule has 2 rings (SSSR count). The van der Waals surface area contributed by atoms with Crippen molar-refractivity contribution in [2.24, 2.45) is 0 Å². The van der Waals surface area contributed by atoms with Crippen LogP contribution in [0.1, 0.15) is 32.1 Å². The summed E-state index contributed by atoms with van der Waals surface area (Å²) in [6, 6.07) is 2.00. The van der Waals surface area contributed by atoms with E-state index in [4.69, 9.17) is 5.26 Å². The van der Waals surface area contributed by atoms with Crippen LogP contribution in [0.25, 0.3) is 0 Å². The average molecular weight is 254 g/mol. The zero-order chi connectivity index (χ0) is 11.6. The number of rotatable bonds is 1. The predicted octanol–water partition coefficient (Wildman–Crippen LogP) is 2.61. The van der Waals surface area contributed by atoms with Gasteiger partial charge in [-0.25, -0.2) is 0 Å². The first kappa shape index (κ1) is 11.9. The standard InChI is InChI=1S/C11H14N2OS2/c1-15-10-8(7-12)9(14)13-11(16-10)5-3-2-4-6-11/h2-6H2,1H3,(H,13,14). The predicted molar refractivity (Wildman–Crippen MR) is 67.7 cm³/mol. The molecule has 5 heteroatoms. The highest BCUT2D eigenvalue weighted by atomic mass is 32.2. The van der Waals surface area contributed by atoms with Crippen LogP contribution < -0.4 is 5.32 Å². The third kappa shape index (κ3) is 2.09. The minimum Gasteiger partial charge on any atom is -0.337 e. The van der Waals surface area contributed by atoms with Crippen molar-refractivity contribution >= 4 is 29.4 Å². The second kappa shape index (κ2) is 4.72. The molecule has 3 nitrogen and oxygen atoms in total. The lowest BCUT2D eigenvalue weighted by Gasteiger charge is -2.40. The fourth-order valence-corrected chi connectivity index (χ4v) is 4.59. The lowest BCUT2D eigenvalue weighted by Crippen LogP contribution is -2.49. The number of nitrogens with zero attached hydrogens (tertiary/aromatic N) is 1. The van der Waals surface area contributed by atoms with Gasteiger partial charge in [-0.15, -0.1) is 11.8 Å². The maximum atomic E-state index is 11.8. The molecule has 0 unspecified atom stereocenters. The molecular formula is C11H14N2OS2. The average Bonchev–Trinajstić information content (AvgIpc) is 2.29. The van der Waals surface area contributed by atoms with Gasteiger partial charge in [0, 0.05) is 0 Å². The van der Waals surface area contributed by atoms with E-state index in [0.29, 0.717) is 0 Å². The zero-order valence-electron chi connectivity index (χ0n) is 9.21. The number of thioether (sulfide) groups is 2. The second-order valence-electron chi connectivity index (χ2n) is 4.09. The van der Waals surface area contributed by atoms with Gasteiger partial charge in [0.1, 0.15) is 11.6 Å². The van der Waals surface area contributed by atoms with Gasteiger partial charge in [-0.3, -0.25) is 4.79 Å². The van der Waals surface area contributed by atoms with Crippen molar-refractivity contribution < 1.29 is 4.79 Å². The molecule has 0 bridgehead atoms. The Balaban J connectivity index is 2.28. The second-order valence-corrected chi connectivity index (χ2v) is 6.56. The van der Waals surface area contributed by atoms with Gasteiger partial charge in [-0.1, -0.05) is 31.0 Å². The molecule has 0 aromatic heterocycles. The molecule has 16 heavy (non-hydrogen) atoms. The summed E-state index contributed by atoms with van der Waals surface area (Å²) in [7, 11) is 0. The van der Waals surface area contributed by atoms with E-state index >= 15 is 0 Å². The number of hydrogen-bond donors (Lipinski definition) is 1. The van der Waals surface area contributed by atoms with Crippen molar-refractivity contribution in [3.8, 4) is 6.07 Å². The van der Waals surface area contributed by atoms with Crippen molar-refractivity contribution in [1.82, 2.24) is 5.32 Å². The van der Waals surface area contributed by atoms with Crippen molar-refractivity contribution in [3.63, 3.8) is 0 Å². The Labute approximate surface area is 104 Å². The first-order valence-electron chi connectivity index (χ1n) is 5.41. The lowest BCUT2D eigenvalue weighted by atomic mass is 9.94. The van der Waals surface area contributed by atoms with Gasteiger partial charge in [0.15, 0.2) is 0 Å². The number of amides is 1. The molecule has 86 valence electrons. The van der Waals surface area contributed by atoms with Crippen molar-refractivity contribution in [2.75, 3.05) is 6.26 Å². The Morgan fingerprint density at radius 3 is 2.69 bits per heavy atom. The lowest BCUT2D eigenvalue weighted by molar-refractivity contribution is -0.118. The highest BCUT2D eigenvalue weighted by Crippen LogP contribution is 2.48. The van der Waals surface area contributed by atoms with Gasteiger partial charge >= 0.3 is 0 Å². The number of carbonyl (C=O) groups is 1. The van der Waals surface area contributed by atoms with Crippen LogP contribution >= 0.6 is 23.5 Å². The minimum absolute atomic E-state index is 0.131. The third-order valence-electron chi connectivity index (χ3n) is 3.02. The van der Waals surface area contributed by atoms with Crippen LogP contribution in [0.3, 0.4) is 0 Å². The highest BCUT2D eigenvalue weighted by Gasteiger charge is 2.40. The Bertz CT molecular complexity index is 378. The topological polar surface area (TPSA) is 52.9 Å². The zero-order valence-corrected chi connectivity index (χ0v) is 10.8. The minimum atomic E-state index is -0.188. The van der Waals surface area contributed by atoms with Crippen LogP contribution in [0.4, 0.5) is 0 Å². The summed E-state index contributed by atoms with van der Waals surface area (Å²) in [5, 5.41) is 12.0. The fraction of sp³-hybridized carbons (Fsp3) is 0.636. The van der Waals surface area contributed by atoms with E-state index < -0.39 is 0 Å². The molecule has 0 atom stereocenters. The van der Waals surface area contributed by atoms with E-state index in [2.05, 4.69) is 5.32 Å². The third-order valence-corrected chi connectivity index (χ3v) is 5.63. The SMILES string of the molecule is CSC1=C(C#N)C(=O)NC2(CCCCC2)S1. The quantitative estimate of drug-likeness (QED) is 0.781. The van der Waals surface area contributed by atoms with Gasteiger partial charge in [0.25, 0.3) is 5.91 Å². The maximum absolute atomic E-state index is 11.8. The summed E-state index contributed by atoms with van der Waals surface area (Å²) >= 11 is 3.19.